The van der Waals surface area contributed by atoms with Gasteiger partial charge in [-0.2, -0.15) is 0 Å². The van der Waals surface area contributed by atoms with Crippen molar-refractivity contribution in [2.75, 3.05) is 19.6 Å². The highest BCUT2D eigenvalue weighted by Crippen LogP contribution is 2.58. The number of nitrogens with zero attached hydrogens (tertiary/aromatic N) is 2. The molecule has 21 heavy (non-hydrogen) atoms. The van der Waals surface area contributed by atoms with Gasteiger partial charge in [0.05, 0.1) is 31.1 Å². The standard InChI is InChI=1S/C15H26N2O2S2/c1-7-17(8-2,9-3)10-11(20)16-12(10)21-14(4,5)15(16,6)13(18)19/h10,12H,7-9H2,1-6H3/t10-,12-,15+/m1/s1. The summed E-state index contributed by atoms with van der Waals surface area (Å²) in [6, 6.07) is 0.241. The molecule has 2 saturated heterocycles. The van der Waals surface area contributed by atoms with Gasteiger partial charge in [-0.05, 0) is 41.5 Å². The molecule has 0 bridgehead atoms. The summed E-state index contributed by atoms with van der Waals surface area (Å²) in [5, 5.41) is 12.0. The Morgan fingerprint density at radius 1 is 1.29 bits per heavy atom. The first-order valence-corrected chi connectivity index (χ1v) is 9.00. The number of carboxylic acids is 1. The summed E-state index contributed by atoms with van der Waals surface area (Å²) < 4.78 is 0.520. The molecular formula is C15H26N2O2S2. The summed E-state index contributed by atoms with van der Waals surface area (Å²) in [5.74, 6) is -1.02. The van der Waals surface area contributed by atoms with Gasteiger partial charge in [-0.3, -0.25) is 0 Å². The molecule has 2 heterocycles. The predicted octanol–water partition coefficient (Wildman–Crippen LogP) is 1.23. The number of carbonyl (C=O) groups excluding carboxylic acids is 1. The zero-order valence-corrected chi connectivity index (χ0v) is 15.4. The molecule has 4 nitrogen and oxygen atoms in total. The number of thioether (sulfide) groups is 1. The highest BCUT2D eigenvalue weighted by molar-refractivity contribution is 8.02. The number of hydrogen-bond acceptors (Lipinski definition) is 4. The molecule has 0 aromatic heterocycles. The maximum absolute atomic E-state index is 11.8. The molecule has 2 fully saturated rings. The predicted molar refractivity (Wildman–Crippen MR) is 89.0 cm³/mol. The lowest BCUT2D eigenvalue weighted by molar-refractivity contribution is -0.940. The van der Waals surface area contributed by atoms with E-state index in [0.717, 1.165) is 29.1 Å². The van der Waals surface area contributed by atoms with Crippen LogP contribution in [0.4, 0.5) is 0 Å². The fourth-order valence-electron chi connectivity index (χ4n) is 3.86. The molecule has 120 valence electrons. The fraction of sp³-hybridized carbons (Fsp3) is 0.867. The van der Waals surface area contributed by atoms with Crippen LogP contribution in [0, 0.1) is 0 Å². The summed E-state index contributed by atoms with van der Waals surface area (Å²) in [5.41, 5.74) is -1.03. The minimum atomic E-state index is -1.03. The molecule has 6 heteroatoms. The molecule has 2 rings (SSSR count). The van der Waals surface area contributed by atoms with E-state index in [-0.39, 0.29) is 11.4 Å². The Hall–Kier alpha value is -0.330. The zero-order valence-electron chi connectivity index (χ0n) is 13.8. The normalized spacial score (nSPS) is 34.6. The summed E-state index contributed by atoms with van der Waals surface area (Å²) in [6.07, 6.45) is 0. The van der Waals surface area contributed by atoms with Crippen LogP contribution in [0.15, 0.2) is 0 Å². The summed E-state index contributed by atoms with van der Waals surface area (Å²) in [7, 11) is 0. The summed E-state index contributed by atoms with van der Waals surface area (Å²) in [6.45, 7) is 15.4. The average Bonchev–Trinajstić information content (AvgIpc) is 2.61. The highest BCUT2D eigenvalue weighted by atomic mass is 32.2. The van der Waals surface area contributed by atoms with E-state index in [2.05, 4.69) is 20.8 Å². The van der Waals surface area contributed by atoms with Gasteiger partial charge in [0.2, 0.25) is 0 Å². The van der Waals surface area contributed by atoms with Gasteiger partial charge in [-0.1, -0.05) is 12.2 Å². The molecule has 0 amide bonds. The maximum atomic E-state index is 11.8. The molecule has 0 unspecified atom stereocenters. The molecule has 2 aliphatic heterocycles. The smallest absolute Gasteiger partial charge is 0.170 e. The number of fused-ring (bicyclic) bond motifs is 1. The Balaban J connectivity index is 2.42. The molecule has 3 atom stereocenters. The van der Waals surface area contributed by atoms with Gasteiger partial charge in [0.15, 0.2) is 6.04 Å². The molecule has 0 N–H and O–H groups in total. The second-order valence-electron chi connectivity index (χ2n) is 6.70. The Labute approximate surface area is 137 Å². The molecule has 0 spiro atoms. The van der Waals surface area contributed by atoms with Crippen LogP contribution in [0.1, 0.15) is 41.5 Å². The molecule has 0 radical (unpaired) electrons. The Morgan fingerprint density at radius 2 is 1.76 bits per heavy atom. The Bertz CT molecular complexity index is 468. The van der Waals surface area contributed by atoms with Crippen molar-refractivity contribution in [3.8, 4) is 0 Å². The number of hydrogen-bond donors (Lipinski definition) is 0. The monoisotopic (exact) mass is 330 g/mol. The number of likely N-dealkylation sites (N-methyl/N-ethyl adjacent to an activating group) is 1. The molecule has 0 aromatic rings. The third-order valence-electron chi connectivity index (χ3n) is 5.96. The van der Waals surface area contributed by atoms with Crippen LogP contribution in [0.25, 0.3) is 0 Å². The SMILES string of the molecule is CC[N+](CC)(CC)[C@@H]1C(=S)N2[C@@H]1SC(C)(C)[C@]2(C)C(=O)[O-]. The second kappa shape index (κ2) is 5.10. The number of rotatable bonds is 5. The van der Waals surface area contributed by atoms with E-state index in [1.165, 1.54) is 0 Å². The van der Waals surface area contributed by atoms with E-state index >= 15 is 0 Å². The van der Waals surface area contributed by atoms with Crippen molar-refractivity contribution in [3.63, 3.8) is 0 Å². The van der Waals surface area contributed by atoms with Gasteiger partial charge in [0.25, 0.3) is 0 Å². The highest BCUT2D eigenvalue weighted by Gasteiger charge is 2.70. The lowest BCUT2D eigenvalue weighted by atomic mass is 9.82. The van der Waals surface area contributed by atoms with Crippen molar-refractivity contribution in [2.45, 2.75) is 63.2 Å². The Kier molecular flexibility index (Phi) is 4.14. The third-order valence-corrected chi connectivity index (χ3v) is 8.10. The number of aliphatic carboxylic acids is 1. The summed E-state index contributed by atoms with van der Waals surface area (Å²) >= 11 is 7.41. The van der Waals surface area contributed by atoms with Crippen LogP contribution in [0.5, 0.6) is 0 Å². The van der Waals surface area contributed by atoms with Crippen molar-refractivity contribution in [1.82, 2.24) is 4.90 Å². The van der Waals surface area contributed by atoms with Gasteiger partial charge < -0.3 is 19.3 Å². The molecule has 0 aromatic carbocycles. The van der Waals surface area contributed by atoms with Gasteiger partial charge in [-0.25, -0.2) is 0 Å². The van der Waals surface area contributed by atoms with Gasteiger partial charge >= 0.3 is 0 Å². The van der Waals surface area contributed by atoms with Crippen LogP contribution in [-0.2, 0) is 4.79 Å². The first-order chi connectivity index (χ1) is 9.63. The van der Waals surface area contributed by atoms with Crippen molar-refractivity contribution >= 4 is 34.9 Å². The first-order valence-electron chi connectivity index (χ1n) is 7.71. The van der Waals surface area contributed by atoms with Crippen LogP contribution in [0.2, 0.25) is 0 Å². The van der Waals surface area contributed by atoms with Crippen molar-refractivity contribution in [1.29, 1.82) is 0 Å². The van der Waals surface area contributed by atoms with Crippen molar-refractivity contribution in [3.05, 3.63) is 0 Å². The topological polar surface area (TPSA) is 43.4 Å². The van der Waals surface area contributed by atoms with E-state index in [4.69, 9.17) is 12.2 Å². The number of thiocarbonyl (C=S) groups is 1. The number of carboxylic acid groups (broad SMARTS) is 1. The molecule has 2 aliphatic rings. The van der Waals surface area contributed by atoms with Crippen LogP contribution in [0.3, 0.4) is 0 Å². The Morgan fingerprint density at radius 3 is 2.14 bits per heavy atom. The number of quaternary nitrogens is 1. The first kappa shape index (κ1) is 17.0. The van der Waals surface area contributed by atoms with Crippen molar-refractivity contribution < 1.29 is 14.4 Å². The second-order valence-corrected chi connectivity index (χ2v) is 8.86. The zero-order chi connectivity index (χ0) is 16.2. The largest absolute Gasteiger partial charge is 0.548 e. The van der Waals surface area contributed by atoms with Crippen molar-refractivity contribution in [2.24, 2.45) is 0 Å². The van der Waals surface area contributed by atoms with Gasteiger partial charge in [0.1, 0.15) is 10.4 Å². The van der Waals surface area contributed by atoms with Crippen LogP contribution >= 0.6 is 24.0 Å². The van der Waals surface area contributed by atoms with Crippen LogP contribution in [-0.4, -0.2) is 61.7 Å². The van der Waals surface area contributed by atoms with E-state index in [0.29, 0.717) is 0 Å². The lowest BCUT2D eigenvalue weighted by Gasteiger charge is -2.58. The fourth-order valence-corrected chi connectivity index (χ4v) is 6.62. The van der Waals surface area contributed by atoms with Gasteiger partial charge in [0, 0.05) is 4.75 Å². The maximum Gasteiger partial charge on any atom is 0.170 e. The average molecular weight is 331 g/mol. The minimum absolute atomic E-state index is 0.148. The molecule has 0 aliphatic carbocycles. The van der Waals surface area contributed by atoms with E-state index in [1.807, 2.05) is 18.7 Å². The van der Waals surface area contributed by atoms with E-state index in [9.17, 15) is 9.90 Å². The third kappa shape index (κ3) is 1.91. The molecular weight excluding hydrogens is 304 g/mol. The van der Waals surface area contributed by atoms with E-state index in [1.54, 1.807) is 18.7 Å². The quantitative estimate of drug-likeness (QED) is 0.560. The summed E-state index contributed by atoms with van der Waals surface area (Å²) in [4.78, 5) is 14.5. The van der Waals surface area contributed by atoms with Gasteiger partial charge in [-0.15, -0.1) is 11.8 Å². The number of carbonyl (C=O) groups is 1. The minimum Gasteiger partial charge on any atom is -0.548 e. The molecule has 0 saturated carbocycles. The van der Waals surface area contributed by atoms with Crippen LogP contribution < -0.4 is 5.11 Å². The van der Waals surface area contributed by atoms with E-state index < -0.39 is 16.3 Å². The lowest BCUT2D eigenvalue weighted by Crippen LogP contribution is -2.79.